The number of benzene rings is 1. The van der Waals surface area contributed by atoms with Crippen LogP contribution < -0.4 is 5.09 Å². The Morgan fingerprint density at radius 1 is 1.17 bits per heavy atom. The Labute approximate surface area is 134 Å². The van der Waals surface area contributed by atoms with Crippen molar-refractivity contribution in [3.05, 3.63) is 66.0 Å². The third-order valence-electron chi connectivity index (χ3n) is 3.34. The molecule has 0 bridgehead atoms. The van der Waals surface area contributed by atoms with E-state index in [0.29, 0.717) is 12.0 Å². The number of nitrogens with zero attached hydrogens (tertiary/aromatic N) is 1. The van der Waals surface area contributed by atoms with Gasteiger partial charge >= 0.3 is 5.97 Å². The molecule has 0 aliphatic heterocycles. The van der Waals surface area contributed by atoms with Crippen molar-refractivity contribution in [3.63, 3.8) is 0 Å². The monoisotopic (exact) mass is 334 g/mol. The van der Waals surface area contributed by atoms with Crippen molar-refractivity contribution < 1.29 is 19.4 Å². The molecule has 122 valence electrons. The van der Waals surface area contributed by atoms with Gasteiger partial charge in [0.1, 0.15) is 6.04 Å². The van der Waals surface area contributed by atoms with E-state index in [9.17, 15) is 19.4 Å². The van der Waals surface area contributed by atoms with Crippen molar-refractivity contribution in [1.82, 2.24) is 10.1 Å². The molecular formula is C16H19N2O4P. The molecular weight excluding hydrogens is 315 g/mol. The summed E-state index contributed by atoms with van der Waals surface area (Å²) in [5, 5.41) is 11.7. The van der Waals surface area contributed by atoms with Gasteiger partial charge in [0, 0.05) is 12.4 Å². The van der Waals surface area contributed by atoms with Crippen LogP contribution in [0.5, 0.6) is 0 Å². The molecule has 1 aromatic heterocycles. The Balaban J connectivity index is 1.98. The lowest BCUT2D eigenvalue weighted by molar-refractivity contribution is -0.139. The lowest BCUT2D eigenvalue weighted by Crippen LogP contribution is -2.35. The van der Waals surface area contributed by atoms with E-state index in [2.05, 4.69) is 10.1 Å². The van der Waals surface area contributed by atoms with Gasteiger partial charge in [0.15, 0.2) is 0 Å². The van der Waals surface area contributed by atoms with Gasteiger partial charge < -0.3 is 10.00 Å². The summed E-state index contributed by atoms with van der Waals surface area (Å²) in [5.74, 6) is -1.14. The molecule has 3 N–H and O–H groups in total. The number of nitrogens with one attached hydrogen (secondary N) is 1. The molecule has 0 amide bonds. The molecule has 2 rings (SSSR count). The number of carboxylic acid groups (broad SMARTS) is 1. The Bertz CT molecular complexity index is 679. The molecule has 0 aliphatic carbocycles. The van der Waals surface area contributed by atoms with Gasteiger partial charge in [0.2, 0.25) is 0 Å². The summed E-state index contributed by atoms with van der Waals surface area (Å²) in [6.45, 7) is 0. The zero-order valence-electron chi connectivity index (χ0n) is 12.5. The number of aryl methyl sites for hydroxylation is 1. The zero-order chi connectivity index (χ0) is 16.7. The number of hydrogen-bond acceptors (Lipinski definition) is 3. The van der Waals surface area contributed by atoms with E-state index < -0.39 is 19.5 Å². The maximum Gasteiger partial charge on any atom is 0.321 e. The first kappa shape index (κ1) is 17.3. The van der Waals surface area contributed by atoms with Crippen LogP contribution in [0.25, 0.3) is 0 Å². The fraction of sp³-hybridized carbons (Fsp3) is 0.250. The first-order valence-corrected chi connectivity index (χ1v) is 9.06. The molecule has 0 radical (unpaired) electrons. The highest BCUT2D eigenvalue weighted by molar-refractivity contribution is 7.55. The highest BCUT2D eigenvalue weighted by Gasteiger charge is 2.27. The van der Waals surface area contributed by atoms with Crippen molar-refractivity contribution >= 4 is 13.5 Å². The summed E-state index contributed by atoms with van der Waals surface area (Å²) in [6.07, 6.45) is 3.85. The number of rotatable bonds is 8. The number of hydrogen-bond donors (Lipinski definition) is 3. The van der Waals surface area contributed by atoms with E-state index in [-0.39, 0.29) is 12.6 Å². The fourth-order valence-corrected chi connectivity index (χ4v) is 3.74. The first-order valence-electron chi connectivity index (χ1n) is 7.21. The Kier molecular flexibility index (Phi) is 6.04. The molecule has 6 nitrogen and oxygen atoms in total. The van der Waals surface area contributed by atoms with E-state index in [1.807, 2.05) is 12.1 Å². The highest BCUT2D eigenvalue weighted by atomic mass is 31.2. The summed E-state index contributed by atoms with van der Waals surface area (Å²) >= 11 is 0. The summed E-state index contributed by atoms with van der Waals surface area (Å²) in [4.78, 5) is 25.4. The Morgan fingerprint density at radius 3 is 2.48 bits per heavy atom. The second-order valence-electron chi connectivity index (χ2n) is 5.27. The van der Waals surface area contributed by atoms with Crippen molar-refractivity contribution in [1.29, 1.82) is 0 Å². The maximum absolute atomic E-state index is 12.3. The maximum atomic E-state index is 12.3. The fourth-order valence-electron chi connectivity index (χ4n) is 2.22. The molecule has 2 aromatic rings. The second kappa shape index (κ2) is 8.02. The molecule has 0 saturated carbocycles. The molecule has 0 fully saturated rings. The third-order valence-corrected chi connectivity index (χ3v) is 4.85. The minimum absolute atomic E-state index is 0.107. The summed E-state index contributed by atoms with van der Waals surface area (Å²) < 4.78 is 12.3. The van der Waals surface area contributed by atoms with Crippen LogP contribution >= 0.6 is 7.52 Å². The SMILES string of the molecule is O=C(O)C(CCc1cccnc1)NP(=O)(O)Cc1ccccc1. The molecule has 2 atom stereocenters. The van der Waals surface area contributed by atoms with E-state index in [1.54, 1.807) is 42.7 Å². The van der Waals surface area contributed by atoms with Crippen molar-refractivity contribution in [3.8, 4) is 0 Å². The normalized spacial score (nSPS) is 14.8. The van der Waals surface area contributed by atoms with Crippen LogP contribution in [-0.2, 0) is 21.9 Å². The molecule has 23 heavy (non-hydrogen) atoms. The molecule has 0 aliphatic rings. The third kappa shape index (κ3) is 5.94. The molecule has 2 unspecified atom stereocenters. The van der Waals surface area contributed by atoms with E-state index in [0.717, 1.165) is 5.56 Å². The Hall–Kier alpha value is -2.01. The van der Waals surface area contributed by atoms with Gasteiger partial charge in [0.05, 0.1) is 6.16 Å². The lowest BCUT2D eigenvalue weighted by Gasteiger charge is -2.19. The largest absolute Gasteiger partial charge is 0.480 e. The summed E-state index contributed by atoms with van der Waals surface area (Å²) in [7, 11) is -3.79. The second-order valence-corrected chi connectivity index (χ2v) is 7.24. The smallest absolute Gasteiger partial charge is 0.321 e. The van der Waals surface area contributed by atoms with Crippen LogP contribution in [0, 0.1) is 0 Å². The van der Waals surface area contributed by atoms with Gasteiger partial charge in [-0.25, -0.2) is 5.09 Å². The molecule has 1 heterocycles. The van der Waals surface area contributed by atoms with Crippen LogP contribution in [-0.4, -0.2) is 27.0 Å². The predicted molar refractivity (Wildman–Crippen MR) is 87.1 cm³/mol. The molecule has 0 saturated heterocycles. The van der Waals surface area contributed by atoms with Crippen molar-refractivity contribution in [2.75, 3.05) is 0 Å². The average molecular weight is 334 g/mol. The standard InChI is InChI=1S/C16H19N2O4P/c19-16(20)15(9-8-13-7-4-10-17-11-13)18-23(21,22)12-14-5-2-1-3-6-14/h1-7,10-11,15H,8-9,12H2,(H,19,20)(H2,18,21,22). The highest BCUT2D eigenvalue weighted by Crippen LogP contribution is 2.40. The number of aromatic nitrogens is 1. The average Bonchev–Trinajstić information content (AvgIpc) is 2.52. The zero-order valence-corrected chi connectivity index (χ0v) is 13.4. The summed E-state index contributed by atoms with van der Waals surface area (Å²) in [5.41, 5.74) is 1.57. The van der Waals surface area contributed by atoms with Gasteiger partial charge in [-0.1, -0.05) is 36.4 Å². The molecule has 0 spiro atoms. The van der Waals surface area contributed by atoms with Gasteiger partial charge in [-0.3, -0.25) is 14.3 Å². The number of carbonyl (C=O) groups is 1. The van der Waals surface area contributed by atoms with Gasteiger partial charge in [0.25, 0.3) is 7.52 Å². The number of carboxylic acids is 1. The van der Waals surface area contributed by atoms with E-state index >= 15 is 0 Å². The van der Waals surface area contributed by atoms with Crippen LogP contribution in [0.3, 0.4) is 0 Å². The van der Waals surface area contributed by atoms with Gasteiger partial charge in [-0.2, -0.15) is 0 Å². The van der Waals surface area contributed by atoms with Crippen LogP contribution in [0.1, 0.15) is 17.5 Å². The van der Waals surface area contributed by atoms with Crippen molar-refractivity contribution in [2.45, 2.75) is 25.0 Å². The quantitative estimate of drug-likeness (QED) is 0.641. The van der Waals surface area contributed by atoms with Gasteiger partial charge in [-0.05, 0) is 30.0 Å². The topological polar surface area (TPSA) is 99.5 Å². The number of pyridine rings is 1. The van der Waals surface area contributed by atoms with E-state index in [1.165, 1.54) is 0 Å². The van der Waals surface area contributed by atoms with E-state index in [4.69, 9.17) is 0 Å². The summed E-state index contributed by atoms with van der Waals surface area (Å²) in [6, 6.07) is 11.3. The van der Waals surface area contributed by atoms with Crippen LogP contribution in [0.15, 0.2) is 54.9 Å². The van der Waals surface area contributed by atoms with Crippen LogP contribution in [0.4, 0.5) is 0 Å². The lowest BCUT2D eigenvalue weighted by atomic mass is 10.1. The minimum Gasteiger partial charge on any atom is -0.480 e. The molecule has 7 heteroatoms. The molecule has 1 aromatic carbocycles. The number of aliphatic carboxylic acids is 1. The minimum atomic E-state index is -3.79. The van der Waals surface area contributed by atoms with Crippen molar-refractivity contribution in [2.24, 2.45) is 0 Å². The van der Waals surface area contributed by atoms with Crippen LogP contribution in [0.2, 0.25) is 0 Å². The van der Waals surface area contributed by atoms with Gasteiger partial charge in [-0.15, -0.1) is 0 Å². The Morgan fingerprint density at radius 2 is 1.87 bits per heavy atom. The first-order chi connectivity index (χ1) is 11.0. The predicted octanol–water partition coefficient (Wildman–Crippen LogP) is 2.44.